The predicted molar refractivity (Wildman–Crippen MR) is 174 cm³/mol. The van der Waals surface area contributed by atoms with Crippen LogP contribution in [0.15, 0.2) is 152 Å². The van der Waals surface area contributed by atoms with Gasteiger partial charge in [0.1, 0.15) is 0 Å². The molecule has 0 saturated heterocycles. The maximum absolute atomic E-state index is 2.35. The minimum absolute atomic E-state index is 1.14. The molecular weight excluding hydrogens is 502 g/mol. The second-order valence-electron chi connectivity index (χ2n) is 10.2. The van der Waals surface area contributed by atoms with E-state index in [0.29, 0.717) is 0 Å². The zero-order valence-corrected chi connectivity index (χ0v) is 22.6. The van der Waals surface area contributed by atoms with Crippen LogP contribution >= 0.6 is 11.3 Å². The summed E-state index contributed by atoms with van der Waals surface area (Å²) in [4.78, 5) is 2.35. The Morgan fingerprint density at radius 2 is 1.07 bits per heavy atom. The molecule has 0 amide bonds. The van der Waals surface area contributed by atoms with E-state index in [1.165, 1.54) is 52.8 Å². The van der Waals surface area contributed by atoms with Crippen molar-refractivity contribution in [3.63, 3.8) is 0 Å². The number of rotatable bonds is 4. The van der Waals surface area contributed by atoms with E-state index >= 15 is 0 Å². The van der Waals surface area contributed by atoms with Crippen molar-refractivity contribution in [1.82, 2.24) is 0 Å². The van der Waals surface area contributed by atoms with E-state index in [-0.39, 0.29) is 0 Å². The third-order valence-electron chi connectivity index (χ3n) is 7.82. The van der Waals surface area contributed by atoms with Crippen LogP contribution in [0.3, 0.4) is 0 Å². The zero-order valence-electron chi connectivity index (χ0n) is 21.8. The molecule has 1 nitrogen and oxygen atoms in total. The molecule has 7 aromatic carbocycles. The molecule has 1 heterocycles. The summed E-state index contributed by atoms with van der Waals surface area (Å²) in [5.74, 6) is 0. The van der Waals surface area contributed by atoms with Gasteiger partial charge in [0.05, 0.1) is 0 Å². The summed E-state index contributed by atoms with van der Waals surface area (Å²) >= 11 is 1.87. The van der Waals surface area contributed by atoms with Crippen LogP contribution in [0.1, 0.15) is 0 Å². The predicted octanol–water partition coefficient (Wildman–Crippen LogP) is 11.5. The van der Waals surface area contributed by atoms with E-state index in [2.05, 4.69) is 157 Å². The largest absolute Gasteiger partial charge is 0.310 e. The molecule has 0 saturated carbocycles. The van der Waals surface area contributed by atoms with Crippen LogP contribution in [-0.4, -0.2) is 0 Å². The lowest BCUT2D eigenvalue weighted by atomic mass is 9.98. The summed E-state index contributed by atoms with van der Waals surface area (Å²) < 4.78 is 2.67. The first-order valence-electron chi connectivity index (χ1n) is 13.6. The minimum atomic E-state index is 1.14. The molecular formula is C38H25NS. The molecule has 0 aliphatic rings. The van der Waals surface area contributed by atoms with Crippen molar-refractivity contribution in [2.24, 2.45) is 0 Å². The fraction of sp³-hybridized carbons (Fsp3) is 0. The number of nitrogens with zero attached hydrogens (tertiary/aromatic N) is 1. The van der Waals surface area contributed by atoms with Crippen LogP contribution in [0.2, 0.25) is 0 Å². The first kappa shape index (κ1) is 23.0. The van der Waals surface area contributed by atoms with Crippen LogP contribution in [0.5, 0.6) is 0 Å². The van der Waals surface area contributed by atoms with Crippen LogP contribution in [-0.2, 0) is 0 Å². The molecule has 0 bridgehead atoms. The highest BCUT2D eigenvalue weighted by molar-refractivity contribution is 7.25. The van der Waals surface area contributed by atoms with Crippen molar-refractivity contribution in [2.75, 3.05) is 4.90 Å². The van der Waals surface area contributed by atoms with Crippen molar-refractivity contribution >= 4 is 70.1 Å². The highest BCUT2D eigenvalue weighted by Crippen LogP contribution is 2.40. The van der Waals surface area contributed by atoms with Crippen LogP contribution in [0, 0.1) is 0 Å². The van der Waals surface area contributed by atoms with Gasteiger partial charge in [0.2, 0.25) is 0 Å². The van der Waals surface area contributed by atoms with Gasteiger partial charge in [-0.1, -0.05) is 97.1 Å². The van der Waals surface area contributed by atoms with Crippen LogP contribution < -0.4 is 4.90 Å². The monoisotopic (exact) mass is 527 g/mol. The fourth-order valence-electron chi connectivity index (χ4n) is 5.89. The van der Waals surface area contributed by atoms with Gasteiger partial charge >= 0.3 is 0 Å². The Balaban J connectivity index is 1.25. The number of hydrogen-bond donors (Lipinski definition) is 0. The lowest BCUT2D eigenvalue weighted by Gasteiger charge is -2.26. The number of benzene rings is 7. The summed E-state index contributed by atoms with van der Waals surface area (Å²) in [5, 5.41) is 7.73. The number of anilines is 3. The Morgan fingerprint density at radius 3 is 1.95 bits per heavy atom. The molecule has 2 heteroatoms. The van der Waals surface area contributed by atoms with Crippen molar-refractivity contribution in [3.8, 4) is 11.1 Å². The van der Waals surface area contributed by atoms with Crippen molar-refractivity contribution < 1.29 is 0 Å². The average molecular weight is 528 g/mol. The maximum Gasteiger partial charge on any atom is 0.0468 e. The molecule has 0 fully saturated rings. The van der Waals surface area contributed by atoms with Crippen molar-refractivity contribution in [3.05, 3.63) is 152 Å². The number of hydrogen-bond acceptors (Lipinski definition) is 2. The molecule has 0 spiro atoms. The van der Waals surface area contributed by atoms with E-state index in [0.717, 1.165) is 17.1 Å². The molecule has 0 radical (unpaired) electrons. The van der Waals surface area contributed by atoms with Gasteiger partial charge in [-0.3, -0.25) is 0 Å². The van der Waals surface area contributed by atoms with E-state index in [1.807, 2.05) is 11.3 Å². The topological polar surface area (TPSA) is 3.24 Å². The highest BCUT2D eigenvalue weighted by Gasteiger charge is 2.14. The molecule has 0 atom stereocenters. The van der Waals surface area contributed by atoms with Gasteiger partial charge in [0.25, 0.3) is 0 Å². The Hall–Kier alpha value is -4.92. The maximum atomic E-state index is 2.35. The summed E-state index contributed by atoms with van der Waals surface area (Å²) in [6, 6.07) is 55.0. The van der Waals surface area contributed by atoms with Crippen molar-refractivity contribution in [2.45, 2.75) is 0 Å². The van der Waals surface area contributed by atoms with Gasteiger partial charge in [0.15, 0.2) is 0 Å². The number of thiophene rings is 1. The molecule has 8 rings (SSSR count). The first-order chi connectivity index (χ1) is 19.8. The lowest BCUT2D eigenvalue weighted by Crippen LogP contribution is -2.09. The number of fused-ring (bicyclic) bond motifs is 5. The fourth-order valence-corrected chi connectivity index (χ4v) is 7.02. The lowest BCUT2D eigenvalue weighted by molar-refractivity contribution is 1.29. The zero-order chi connectivity index (χ0) is 26.5. The molecule has 0 unspecified atom stereocenters. The first-order valence-corrected chi connectivity index (χ1v) is 14.4. The summed E-state index contributed by atoms with van der Waals surface area (Å²) in [5.41, 5.74) is 5.91. The standard InChI is InChI=1S/C38H25NS/c1-2-11-30(12-3-1)39(31-20-17-27(18-21-31)34-15-8-10-26-9-4-5-13-33(26)34)32-22-19-28-24-36-35-14-6-7-16-37(35)40-38(36)25-29(28)23-32/h1-25H. The highest BCUT2D eigenvalue weighted by atomic mass is 32.1. The SMILES string of the molecule is c1ccc(N(c2ccc(-c3cccc4ccccc34)cc2)c2ccc3cc4c(cc3c2)sc2ccccc24)cc1. The Morgan fingerprint density at radius 1 is 0.375 bits per heavy atom. The normalized spacial score (nSPS) is 11.5. The van der Waals surface area contributed by atoms with Gasteiger partial charge in [0, 0.05) is 37.2 Å². The third-order valence-corrected chi connectivity index (χ3v) is 8.95. The van der Waals surface area contributed by atoms with Gasteiger partial charge in [-0.05, 0) is 87.3 Å². The molecule has 0 N–H and O–H groups in total. The van der Waals surface area contributed by atoms with Gasteiger partial charge in [-0.2, -0.15) is 0 Å². The third kappa shape index (κ3) is 3.85. The Bertz CT molecular complexity index is 2150. The second kappa shape index (κ2) is 9.37. The average Bonchev–Trinajstić information content (AvgIpc) is 3.38. The molecule has 1 aromatic heterocycles. The van der Waals surface area contributed by atoms with Gasteiger partial charge in [-0.25, -0.2) is 0 Å². The Labute approximate surface area is 237 Å². The quantitative estimate of drug-likeness (QED) is 0.220. The van der Waals surface area contributed by atoms with Crippen LogP contribution in [0.25, 0.3) is 52.8 Å². The van der Waals surface area contributed by atoms with Crippen LogP contribution in [0.4, 0.5) is 17.1 Å². The van der Waals surface area contributed by atoms with E-state index in [1.54, 1.807) is 0 Å². The number of para-hydroxylation sites is 1. The van der Waals surface area contributed by atoms with Gasteiger partial charge in [-0.15, -0.1) is 11.3 Å². The Kier molecular flexibility index (Phi) is 5.39. The molecule has 8 aromatic rings. The van der Waals surface area contributed by atoms with Crippen molar-refractivity contribution in [1.29, 1.82) is 0 Å². The van der Waals surface area contributed by atoms with E-state index in [4.69, 9.17) is 0 Å². The smallest absolute Gasteiger partial charge is 0.0468 e. The second-order valence-corrected chi connectivity index (χ2v) is 11.3. The van der Waals surface area contributed by atoms with Gasteiger partial charge < -0.3 is 4.90 Å². The molecule has 0 aliphatic carbocycles. The van der Waals surface area contributed by atoms with E-state index < -0.39 is 0 Å². The summed E-state index contributed by atoms with van der Waals surface area (Å²) in [7, 11) is 0. The molecule has 40 heavy (non-hydrogen) atoms. The molecule has 188 valence electrons. The van der Waals surface area contributed by atoms with E-state index in [9.17, 15) is 0 Å². The summed E-state index contributed by atoms with van der Waals surface area (Å²) in [6.07, 6.45) is 0. The summed E-state index contributed by atoms with van der Waals surface area (Å²) in [6.45, 7) is 0. The molecule has 0 aliphatic heterocycles. The minimum Gasteiger partial charge on any atom is -0.310 e.